The van der Waals surface area contributed by atoms with Crippen molar-refractivity contribution in [3.63, 3.8) is 0 Å². The molecule has 0 saturated heterocycles. The van der Waals surface area contributed by atoms with Crippen LogP contribution in [-0.2, 0) is 7.05 Å². The van der Waals surface area contributed by atoms with Gasteiger partial charge in [0.15, 0.2) is 10.9 Å². The van der Waals surface area contributed by atoms with Crippen LogP contribution >= 0.6 is 11.3 Å². The van der Waals surface area contributed by atoms with E-state index >= 15 is 0 Å². The molecule has 0 fully saturated rings. The lowest BCUT2D eigenvalue weighted by Crippen LogP contribution is -1.99. The molecule has 0 bridgehead atoms. The zero-order valence-electron chi connectivity index (χ0n) is 13.6. The number of rotatable bonds is 3. The second-order valence-corrected chi connectivity index (χ2v) is 6.54. The van der Waals surface area contributed by atoms with Gasteiger partial charge in [0, 0.05) is 35.3 Å². The van der Waals surface area contributed by atoms with Crippen LogP contribution in [-0.4, -0.2) is 24.5 Å². The summed E-state index contributed by atoms with van der Waals surface area (Å²) in [7, 11) is 1.97. The van der Waals surface area contributed by atoms with Crippen LogP contribution < -0.4 is 5.32 Å². The van der Waals surface area contributed by atoms with Crippen LogP contribution in [0.2, 0.25) is 0 Å². The summed E-state index contributed by atoms with van der Waals surface area (Å²) in [6.45, 7) is 3.95. The van der Waals surface area contributed by atoms with Crippen LogP contribution in [0, 0.1) is 13.8 Å². The first kappa shape index (κ1) is 14.8. The van der Waals surface area contributed by atoms with Gasteiger partial charge in [0.05, 0.1) is 23.9 Å². The number of hydrogen-bond acceptors (Lipinski definition) is 6. The van der Waals surface area contributed by atoms with E-state index in [9.17, 15) is 0 Å². The van der Waals surface area contributed by atoms with Gasteiger partial charge in [0.2, 0.25) is 0 Å². The van der Waals surface area contributed by atoms with E-state index in [1.54, 1.807) is 17.7 Å². The molecular weight excluding hydrogens is 320 g/mol. The lowest BCUT2D eigenvalue weighted by atomic mass is 10.1. The lowest BCUT2D eigenvalue weighted by molar-refractivity contribution is 0.921. The average molecular weight is 336 g/mol. The highest BCUT2D eigenvalue weighted by Crippen LogP contribution is 2.32. The molecule has 4 heterocycles. The van der Waals surface area contributed by atoms with Gasteiger partial charge < -0.3 is 9.88 Å². The van der Waals surface area contributed by atoms with Crippen LogP contribution in [0.25, 0.3) is 22.2 Å². The van der Waals surface area contributed by atoms with Gasteiger partial charge in [-0.3, -0.25) is 0 Å². The number of anilines is 2. The van der Waals surface area contributed by atoms with Gasteiger partial charge in [-0.15, -0.1) is 11.3 Å². The van der Waals surface area contributed by atoms with E-state index in [4.69, 9.17) is 4.98 Å². The summed E-state index contributed by atoms with van der Waals surface area (Å²) in [6, 6.07) is 4.10. The molecule has 0 amide bonds. The Morgan fingerprint density at radius 3 is 2.67 bits per heavy atom. The first-order valence-electron chi connectivity index (χ1n) is 7.54. The molecule has 6 nitrogen and oxygen atoms in total. The predicted molar refractivity (Wildman–Crippen MR) is 96.6 cm³/mol. The Balaban J connectivity index is 1.90. The Morgan fingerprint density at radius 2 is 1.96 bits per heavy atom. The fraction of sp³-hybridized carbons (Fsp3) is 0.176. The number of imidazole rings is 1. The fourth-order valence-electron chi connectivity index (χ4n) is 2.64. The van der Waals surface area contributed by atoms with Crippen molar-refractivity contribution >= 4 is 33.2 Å². The van der Waals surface area contributed by atoms with Gasteiger partial charge in [0.1, 0.15) is 5.52 Å². The number of aryl methyl sites for hydroxylation is 3. The quantitative estimate of drug-likeness (QED) is 0.615. The van der Waals surface area contributed by atoms with Crippen LogP contribution in [0.15, 0.2) is 36.2 Å². The van der Waals surface area contributed by atoms with Gasteiger partial charge in [-0.1, -0.05) is 6.07 Å². The molecular formula is C17H16N6S. The number of nitrogens with zero attached hydrogens (tertiary/aromatic N) is 5. The molecule has 4 rings (SSSR count). The SMILES string of the molecule is Cc1csc(Nc2ncc(-c3cncn3C)c3ccc(C)nc23)n1. The van der Waals surface area contributed by atoms with Crippen LogP contribution in [0.1, 0.15) is 11.4 Å². The normalized spacial score (nSPS) is 11.1. The Labute approximate surface area is 143 Å². The maximum Gasteiger partial charge on any atom is 0.188 e. The molecule has 0 unspecified atom stereocenters. The maximum atomic E-state index is 4.70. The van der Waals surface area contributed by atoms with Crippen LogP contribution in [0.4, 0.5) is 10.9 Å². The minimum atomic E-state index is 0.717. The monoisotopic (exact) mass is 336 g/mol. The fourth-order valence-corrected chi connectivity index (χ4v) is 3.33. The second-order valence-electron chi connectivity index (χ2n) is 5.68. The Hall–Kier alpha value is -2.80. The van der Waals surface area contributed by atoms with Crippen molar-refractivity contribution in [3.8, 4) is 11.3 Å². The molecule has 24 heavy (non-hydrogen) atoms. The lowest BCUT2D eigenvalue weighted by Gasteiger charge is -2.11. The zero-order chi connectivity index (χ0) is 16.7. The average Bonchev–Trinajstić information content (AvgIpc) is 3.16. The molecule has 1 N–H and O–H groups in total. The molecule has 7 heteroatoms. The largest absolute Gasteiger partial charge is 0.334 e. The van der Waals surface area contributed by atoms with Gasteiger partial charge in [-0.2, -0.15) is 0 Å². The van der Waals surface area contributed by atoms with Crippen molar-refractivity contribution < 1.29 is 0 Å². The molecule has 0 aliphatic rings. The standard InChI is InChI=1S/C17H16N6S/c1-10-4-5-12-13(14-7-18-9-23(14)3)6-19-16(15(12)20-10)22-17-21-11(2)8-24-17/h4-9H,1-3H3,(H,19,21,22). The molecule has 120 valence electrons. The summed E-state index contributed by atoms with van der Waals surface area (Å²) in [4.78, 5) is 18.0. The number of thiazole rings is 1. The predicted octanol–water partition coefficient (Wildman–Crippen LogP) is 3.85. The third-order valence-electron chi connectivity index (χ3n) is 3.81. The Bertz CT molecular complexity index is 1030. The minimum Gasteiger partial charge on any atom is -0.334 e. The maximum absolute atomic E-state index is 4.70. The molecule has 0 aliphatic carbocycles. The smallest absolute Gasteiger partial charge is 0.188 e. The van der Waals surface area contributed by atoms with Crippen LogP contribution in [0.3, 0.4) is 0 Å². The number of pyridine rings is 2. The van der Waals surface area contributed by atoms with Gasteiger partial charge in [0.25, 0.3) is 0 Å². The van der Waals surface area contributed by atoms with E-state index in [-0.39, 0.29) is 0 Å². The van der Waals surface area contributed by atoms with E-state index in [1.807, 2.05) is 49.3 Å². The van der Waals surface area contributed by atoms with Crippen molar-refractivity contribution in [2.24, 2.45) is 7.05 Å². The topological polar surface area (TPSA) is 68.5 Å². The first-order chi connectivity index (χ1) is 11.6. The highest BCUT2D eigenvalue weighted by Gasteiger charge is 2.14. The molecule has 4 aromatic heterocycles. The van der Waals surface area contributed by atoms with Crippen molar-refractivity contribution in [2.75, 3.05) is 5.32 Å². The minimum absolute atomic E-state index is 0.717. The number of nitrogens with one attached hydrogen (secondary N) is 1. The van der Waals surface area contributed by atoms with E-state index in [1.165, 1.54) is 0 Å². The van der Waals surface area contributed by atoms with Crippen molar-refractivity contribution in [1.82, 2.24) is 24.5 Å². The van der Waals surface area contributed by atoms with Crippen molar-refractivity contribution in [3.05, 3.63) is 47.6 Å². The highest BCUT2D eigenvalue weighted by atomic mass is 32.1. The number of aromatic nitrogens is 5. The third-order valence-corrected chi connectivity index (χ3v) is 4.68. The van der Waals surface area contributed by atoms with Crippen LogP contribution in [0.5, 0.6) is 0 Å². The van der Waals surface area contributed by atoms with E-state index in [0.717, 1.165) is 38.7 Å². The summed E-state index contributed by atoms with van der Waals surface area (Å²) in [6.07, 6.45) is 5.49. The van der Waals surface area contributed by atoms with Gasteiger partial charge in [-0.25, -0.2) is 19.9 Å². The third kappa shape index (κ3) is 2.52. The number of fused-ring (bicyclic) bond motifs is 1. The molecule has 0 aromatic carbocycles. The summed E-state index contributed by atoms with van der Waals surface area (Å²) < 4.78 is 1.98. The zero-order valence-corrected chi connectivity index (χ0v) is 14.4. The summed E-state index contributed by atoms with van der Waals surface area (Å²) in [5, 5.41) is 7.16. The van der Waals surface area contributed by atoms with Crippen molar-refractivity contribution in [2.45, 2.75) is 13.8 Å². The summed E-state index contributed by atoms with van der Waals surface area (Å²) in [5.74, 6) is 0.717. The second kappa shape index (κ2) is 5.68. The van der Waals surface area contributed by atoms with E-state index in [0.29, 0.717) is 5.82 Å². The molecule has 4 aromatic rings. The Kier molecular flexibility index (Phi) is 3.50. The van der Waals surface area contributed by atoms with Crippen molar-refractivity contribution in [1.29, 1.82) is 0 Å². The molecule has 0 radical (unpaired) electrons. The summed E-state index contributed by atoms with van der Waals surface area (Å²) >= 11 is 1.56. The van der Waals surface area contributed by atoms with E-state index in [2.05, 4.69) is 26.3 Å². The Morgan fingerprint density at radius 1 is 1.08 bits per heavy atom. The summed E-state index contributed by atoms with van der Waals surface area (Å²) in [5.41, 5.74) is 4.79. The molecule has 0 atom stereocenters. The molecule has 0 aliphatic heterocycles. The van der Waals surface area contributed by atoms with E-state index < -0.39 is 0 Å². The first-order valence-corrected chi connectivity index (χ1v) is 8.42. The van der Waals surface area contributed by atoms with Gasteiger partial charge in [-0.05, 0) is 19.9 Å². The number of hydrogen-bond donors (Lipinski definition) is 1. The molecule has 0 spiro atoms. The van der Waals surface area contributed by atoms with Gasteiger partial charge >= 0.3 is 0 Å². The highest BCUT2D eigenvalue weighted by molar-refractivity contribution is 7.13. The molecule has 0 saturated carbocycles.